The Balaban J connectivity index is 1.78. The van der Waals surface area contributed by atoms with Crippen LogP contribution in [0.25, 0.3) is 5.69 Å². The molecule has 256 valence electrons. The van der Waals surface area contributed by atoms with E-state index in [0.29, 0.717) is 6.42 Å². The van der Waals surface area contributed by atoms with Crippen LogP contribution in [-0.4, -0.2) is 37.5 Å². The summed E-state index contributed by atoms with van der Waals surface area (Å²) in [4.78, 5) is 43.7. The first-order valence-electron chi connectivity index (χ1n) is 16.5. The van der Waals surface area contributed by atoms with Crippen LogP contribution in [0.5, 0.6) is 0 Å². The van der Waals surface area contributed by atoms with Crippen molar-refractivity contribution in [1.82, 2.24) is 10.1 Å². The molecule has 2 atom stereocenters. The van der Waals surface area contributed by atoms with Crippen molar-refractivity contribution in [3.05, 3.63) is 87.9 Å². The molecule has 12 heteroatoms. The number of anilines is 1. The number of benzene rings is 1. The number of hydrogen-bond donors (Lipinski definition) is 3. The monoisotopic (exact) mass is 678 g/mol. The number of carboxylic acid groups (broad SMARTS) is 1. The molecule has 2 aromatic heterocycles. The van der Waals surface area contributed by atoms with Crippen LogP contribution in [0.3, 0.4) is 0 Å². The minimum Gasteiger partial charge on any atom is -0.481 e. The number of H-pyrrole nitrogens is 1. The van der Waals surface area contributed by atoms with Crippen molar-refractivity contribution in [3.8, 4) is 11.8 Å². The van der Waals surface area contributed by atoms with Crippen molar-refractivity contribution in [3.63, 3.8) is 0 Å². The van der Waals surface area contributed by atoms with Gasteiger partial charge in [-0.05, 0) is 56.4 Å². The van der Waals surface area contributed by atoms with Crippen molar-refractivity contribution >= 4 is 28.4 Å². The molecule has 0 aliphatic heterocycles. The first-order chi connectivity index (χ1) is 23.2. The second-order valence-electron chi connectivity index (χ2n) is 11.7. The maximum Gasteiger partial charge on any atom is 0.311 e. The molecule has 0 radical (unpaired) electrons. The van der Waals surface area contributed by atoms with E-state index in [0.717, 1.165) is 44.2 Å². The lowest BCUT2D eigenvalue weighted by atomic mass is 9.90. The van der Waals surface area contributed by atoms with Gasteiger partial charge in [-0.25, -0.2) is 9.37 Å². The summed E-state index contributed by atoms with van der Waals surface area (Å²) in [6.45, 7) is 2.22. The molecule has 48 heavy (non-hydrogen) atoms. The minimum absolute atomic E-state index is 0.0213. The third kappa shape index (κ3) is 11.6. The van der Waals surface area contributed by atoms with Crippen LogP contribution >= 0.6 is 0 Å². The van der Waals surface area contributed by atoms with Gasteiger partial charge in [0, 0.05) is 18.0 Å². The Kier molecular flexibility index (Phi) is 15.8. The summed E-state index contributed by atoms with van der Waals surface area (Å²) >= 11 is 0. The van der Waals surface area contributed by atoms with Crippen LogP contribution in [0.15, 0.2) is 64.6 Å². The topological polar surface area (TPSA) is 157 Å². The Morgan fingerprint density at radius 1 is 1.06 bits per heavy atom. The van der Waals surface area contributed by atoms with Gasteiger partial charge >= 0.3 is 11.5 Å². The first kappa shape index (κ1) is 38.0. The fourth-order valence-electron chi connectivity index (χ4n) is 5.42. The number of halogens is 1. The number of aliphatic carboxylic acids is 1. The van der Waals surface area contributed by atoms with E-state index in [9.17, 15) is 33.4 Å². The van der Waals surface area contributed by atoms with Gasteiger partial charge in [-0.3, -0.25) is 18.6 Å². The van der Waals surface area contributed by atoms with E-state index >= 15 is 0 Å². The van der Waals surface area contributed by atoms with Crippen molar-refractivity contribution in [2.45, 2.75) is 101 Å². The van der Waals surface area contributed by atoms with Gasteiger partial charge in [-0.2, -0.15) is 5.26 Å². The predicted octanol–water partition coefficient (Wildman–Crippen LogP) is 6.86. The number of unbranched alkanes of at least 4 members (excludes halogenated alkanes) is 10. The van der Waals surface area contributed by atoms with E-state index in [2.05, 4.69) is 34.5 Å². The zero-order valence-electron chi connectivity index (χ0n) is 27.7. The number of nitriles is 1. The molecule has 2 unspecified atom stereocenters. The van der Waals surface area contributed by atoms with Gasteiger partial charge in [0.2, 0.25) is 6.20 Å². The fraction of sp³-hybridized carbons (Fsp3) is 0.444. The molecular formula is C36H45FN5O5S+. The van der Waals surface area contributed by atoms with Gasteiger partial charge in [0.05, 0.1) is 27.2 Å². The fourth-order valence-corrected chi connectivity index (χ4v) is 6.08. The lowest BCUT2D eigenvalue weighted by molar-refractivity contribution is -0.662. The lowest BCUT2D eigenvalue weighted by Gasteiger charge is -2.15. The summed E-state index contributed by atoms with van der Waals surface area (Å²) in [5, 5.41) is 24.8. The molecule has 0 bridgehead atoms. The molecule has 3 aromatic rings. The highest BCUT2D eigenvalue weighted by Crippen LogP contribution is 2.26. The van der Waals surface area contributed by atoms with E-state index in [1.165, 1.54) is 80.1 Å². The molecule has 0 aliphatic carbocycles. The highest BCUT2D eigenvalue weighted by molar-refractivity contribution is 7.84. The summed E-state index contributed by atoms with van der Waals surface area (Å²) < 4.78 is 26.9. The Labute approximate surface area is 283 Å². The standard InChI is InChI=1S/C36H44FN5O5S/c1-3-4-5-6-7-8-9-10-11-12-13-14-15-16-17-29(36(45)46)30-25-42(28-22-32(48(2)47)31(23-38)39-24-28)41-35(44)33(30)34(43)40-27-20-18-26(37)19-21-27/h10-11,18-22,24-25,29H,3-9,12-17H2,1-2H3,(H2-,40,41,43,44,45,46)/p+1/b11-10-. The number of amides is 1. The zero-order valence-corrected chi connectivity index (χ0v) is 28.5. The number of nitrogens with one attached hydrogen (secondary N) is 2. The Morgan fingerprint density at radius 3 is 2.29 bits per heavy atom. The number of carboxylic acids is 1. The van der Waals surface area contributed by atoms with E-state index in [1.807, 2.05) is 6.07 Å². The number of nitrogens with zero attached hydrogens (tertiary/aromatic N) is 3. The molecule has 2 heterocycles. The SMILES string of the molecule is CCCCCCCC/C=C\CCCCCCC(C(=O)O)c1c[n+](-c2cnc(C#N)c(S(C)=O)c2)[nH]c(=O)c1C(=O)Nc1ccc(F)cc1. The number of hydrogen-bond acceptors (Lipinski definition) is 6. The quantitative estimate of drug-likeness (QED) is 0.0669. The van der Waals surface area contributed by atoms with Crippen LogP contribution < -0.4 is 15.6 Å². The Bertz CT molecular complexity index is 1680. The molecule has 3 rings (SSSR count). The molecule has 1 aromatic carbocycles. The van der Waals surface area contributed by atoms with Crippen LogP contribution in [0, 0.1) is 17.1 Å². The highest BCUT2D eigenvalue weighted by atomic mass is 32.2. The second-order valence-corrected chi connectivity index (χ2v) is 13.1. The third-order valence-electron chi connectivity index (χ3n) is 8.05. The lowest BCUT2D eigenvalue weighted by Crippen LogP contribution is -2.45. The van der Waals surface area contributed by atoms with Crippen LogP contribution in [-0.2, 0) is 15.6 Å². The van der Waals surface area contributed by atoms with Crippen molar-refractivity contribution in [2.75, 3.05) is 11.6 Å². The second kappa shape index (κ2) is 20.0. The number of aromatic amines is 1. The summed E-state index contributed by atoms with van der Waals surface area (Å²) in [6, 6.07) is 8.26. The van der Waals surface area contributed by atoms with Crippen LogP contribution in [0.2, 0.25) is 0 Å². The Hall–Kier alpha value is -4.50. The van der Waals surface area contributed by atoms with Gasteiger partial charge in [0.15, 0.2) is 5.69 Å². The first-order valence-corrected chi connectivity index (χ1v) is 18.1. The number of carbonyl (C=O) groups excluding carboxylic acids is 1. The zero-order chi connectivity index (χ0) is 34.9. The molecule has 0 saturated heterocycles. The van der Waals surface area contributed by atoms with Gasteiger partial charge in [-0.1, -0.05) is 75.1 Å². The van der Waals surface area contributed by atoms with Crippen LogP contribution in [0.1, 0.15) is 118 Å². The average Bonchev–Trinajstić information content (AvgIpc) is 3.06. The third-order valence-corrected chi connectivity index (χ3v) is 8.98. The van der Waals surface area contributed by atoms with E-state index in [-0.39, 0.29) is 39.5 Å². The summed E-state index contributed by atoms with van der Waals surface area (Å²) in [7, 11) is -1.58. The summed E-state index contributed by atoms with van der Waals surface area (Å²) in [5.41, 5.74) is -0.879. The van der Waals surface area contributed by atoms with Crippen molar-refractivity contribution in [2.24, 2.45) is 0 Å². The van der Waals surface area contributed by atoms with Crippen LogP contribution in [0.4, 0.5) is 10.1 Å². The summed E-state index contributed by atoms with van der Waals surface area (Å²) in [6.07, 6.45) is 21.6. The molecular weight excluding hydrogens is 633 g/mol. The number of rotatable bonds is 20. The smallest absolute Gasteiger partial charge is 0.311 e. The molecule has 0 aliphatic rings. The predicted molar refractivity (Wildman–Crippen MR) is 183 cm³/mol. The average molecular weight is 679 g/mol. The maximum atomic E-state index is 13.5. The van der Waals surface area contributed by atoms with E-state index in [4.69, 9.17) is 0 Å². The molecule has 0 spiro atoms. The van der Waals surface area contributed by atoms with Crippen molar-refractivity contribution in [1.29, 1.82) is 5.26 Å². The van der Waals surface area contributed by atoms with Gasteiger partial charge in [0.1, 0.15) is 23.6 Å². The maximum absolute atomic E-state index is 13.5. The molecule has 1 amide bonds. The normalized spacial score (nSPS) is 12.5. The number of carbonyl (C=O) groups is 2. The van der Waals surface area contributed by atoms with Gasteiger partial charge in [-0.15, -0.1) is 5.10 Å². The molecule has 3 N–H and O–H groups in total. The molecule has 0 saturated carbocycles. The number of pyridine rings is 1. The highest BCUT2D eigenvalue weighted by Gasteiger charge is 2.32. The number of allylic oxidation sites excluding steroid dienone is 2. The van der Waals surface area contributed by atoms with E-state index in [1.54, 1.807) is 0 Å². The summed E-state index contributed by atoms with van der Waals surface area (Å²) in [5.74, 6) is -3.76. The van der Waals surface area contributed by atoms with Gasteiger partial charge in [0.25, 0.3) is 11.6 Å². The van der Waals surface area contributed by atoms with Gasteiger partial charge < -0.3 is 10.4 Å². The number of aromatic nitrogens is 3. The Morgan fingerprint density at radius 2 is 1.69 bits per heavy atom. The largest absolute Gasteiger partial charge is 0.481 e. The molecule has 0 fully saturated rings. The molecule has 10 nitrogen and oxygen atoms in total. The van der Waals surface area contributed by atoms with Crippen molar-refractivity contribution < 1.29 is 28.0 Å². The van der Waals surface area contributed by atoms with E-state index < -0.39 is 40.0 Å². The minimum atomic E-state index is -1.58.